The third kappa shape index (κ3) is 5.92. The van der Waals surface area contributed by atoms with Crippen LogP contribution in [0.4, 0.5) is 5.00 Å². The maximum Gasteiger partial charge on any atom is 0.341 e. The van der Waals surface area contributed by atoms with Gasteiger partial charge in [0.25, 0.3) is 0 Å². The smallest absolute Gasteiger partial charge is 0.341 e. The number of hydrogen-bond acceptors (Lipinski definition) is 7. The van der Waals surface area contributed by atoms with E-state index in [0.717, 1.165) is 61.0 Å². The summed E-state index contributed by atoms with van der Waals surface area (Å²) >= 11 is 2.87. The summed E-state index contributed by atoms with van der Waals surface area (Å²) in [5.41, 5.74) is 1.57. The molecule has 0 spiro atoms. The topological polar surface area (TPSA) is 86.1 Å². The molecule has 2 heterocycles. The second kappa shape index (κ2) is 12.0. The third-order valence-corrected chi connectivity index (χ3v) is 8.93. The van der Waals surface area contributed by atoms with Gasteiger partial charge in [0.2, 0.25) is 5.91 Å². The minimum absolute atomic E-state index is 0.161. The van der Waals surface area contributed by atoms with Crippen molar-refractivity contribution in [3.8, 4) is 0 Å². The van der Waals surface area contributed by atoms with Crippen LogP contribution in [-0.4, -0.2) is 39.5 Å². The Kier molecular flexibility index (Phi) is 8.83. The molecule has 0 atom stereocenters. The molecule has 7 nitrogen and oxygen atoms in total. The normalized spacial score (nSPS) is 16.1. The zero-order valence-corrected chi connectivity index (χ0v) is 21.6. The fraction of sp³-hybridized carbons (Fsp3) is 0.600. The van der Waals surface area contributed by atoms with E-state index in [2.05, 4.69) is 26.7 Å². The summed E-state index contributed by atoms with van der Waals surface area (Å²) in [4.78, 5) is 26.4. The zero-order chi connectivity index (χ0) is 23.9. The Balaban J connectivity index is 1.39. The number of hydrogen-bond donors (Lipinski definition) is 1. The number of nitrogens with zero attached hydrogens (tertiary/aromatic N) is 3. The number of ether oxygens (including phenoxy) is 1. The number of fused-ring (bicyclic) bond motifs is 1. The van der Waals surface area contributed by atoms with E-state index in [-0.39, 0.29) is 17.6 Å². The van der Waals surface area contributed by atoms with Crippen molar-refractivity contribution in [2.75, 3.05) is 18.2 Å². The quantitative estimate of drug-likeness (QED) is 0.265. The van der Waals surface area contributed by atoms with Gasteiger partial charge in [0.05, 0.1) is 18.4 Å². The van der Waals surface area contributed by atoms with E-state index >= 15 is 0 Å². The Morgan fingerprint density at radius 1 is 1.21 bits per heavy atom. The predicted molar refractivity (Wildman–Crippen MR) is 137 cm³/mol. The first-order valence-electron chi connectivity index (χ1n) is 12.3. The second-order valence-electron chi connectivity index (χ2n) is 9.08. The second-order valence-corrected chi connectivity index (χ2v) is 11.1. The van der Waals surface area contributed by atoms with Crippen molar-refractivity contribution in [1.29, 1.82) is 0 Å². The van der Waals surface area contributed by atoms with E-state index in [4.69, 9.17) is 4.74 Å². The summed E-state index contributed by atoms with van der Waals surface area (Å²) < 4.78 is 7.07. The lowest BCUT2D eigenvalue weighted by Crippen LogP contribution is -2.17. The lowest BCUT2D eigenvalue weighted by molar-refractivity contribution is -0.113. The minimum Gasteiger partial charge on any atom is -0.465 e. The maximum absolute atomic E-state index is 12.8. The van der Waals surface area contributed by atoms with Gasteiger partial charge in [-0.15, -0.1) is 28.1 Å². The van der Waals surface area contributed by atoms with Gasteiger partial charge in [-0.2, -0.15) is 0 Å². The molecule has 2 aromatic heterocycles. The van der Waals surface area contributed by atoms with Crippen LogP contribution in [0.25, 0.3) is 0 Å². The number of aromatic nitrogens is 3. The molecule has 0 aliphatic heterocycles. The lowest BCUT2D eigenvalue weighted by atomic mass is 9.86. The van der Waals surface area contributed by atoms with Gasteiger partial charge >= 0.3 is 5.97 Å². The summed E-state index contributed by atoms with van der Waals surface area (Å²) in [7, 11) is 1.38. The fourth-order valence-corrected chi connectivity index (χ4v) is 7.06. The van der Waals surface area contributed by atoms with Crippen LogP contribution in [0, 0.1) is 5.92 Å². The number of allylic oxidation sites excluding steroid dienone is 1. The van der Waals surface area contributed by atoms with Crippen LogP contribution in [0.15, 0.2) is 17.8 Å². The van der Waals surface area contributed by atoms with Crippen molar-refractivity contribution >= 4 is 40.0 Å². The molecule has 4 rings (SSSR count). The number of rotatable bonds is 10. The highest BCUT2D eigenvalue weighted by atomic mass is 32.2. The Bertz CT molecular complexity index is 1020. The Morgan fingerprint density at radius 3 is 2.76 bits per heavy atom. The molecule has 2 aliphatic rings. The van der Waals surface area contributed by atoms with Gasteiger partial charge in [0.1, 0.15) is 10.8 Å². The minimum atomic E-state index is -0.379. The zero-order valence-electron chi connectivity index (χ0n) is 19.9. The van der Waals surface area contributed by atoms with E-state index in [9.17, 15) is 9.59 Å². The van der Waals surface area contributed by atoms with Crippen molar-refractivity contribution in [1.82, 2.24) is 14.8 Å². The van der Waals surface area contributed by atoms with Gasteiger partial charge in [-0.25, -0.2) is 4.79 Å². The van der Waals surface area contributed by atoms with Crippen molar-refractivity contribution in [3.05, 3.63) is 34.5 Å². The largest absolute Gasteiger partial charge is 0.465 e. The molecule has 0 unspecified atom stereocenters. The van der Waals surface area contributed by atoms with Crippen LogP contribution in [0.1, 0.15) is 78.0 Å². The van der Waals surface area contributed by atoms with Gasteiger partial charge in [-0.3, -0.25) is 4.79 Å². The summed E-state index contributed by atoms with van der Waals surface area (Å²) in [5.74, 6) is 1.40. The molecule has 0 radical (unpaired) electrons. The SMILES string of the molecule is C=CCn1c(CCC2CCCCC2)nnc1SCC(=O)Nc1sc2c(c1C(=O)OC)CCCC2. The highest BCUT2D eigenvalue weighted by Gasteiger charge is 2.27. The molecular weight excluding hydrogens is 468 g/mol. The van der Waals surface area contributed by atoms with Gasteiger partial charge < -0.3 is 14.6 Å². The van der Waals surface area contributed by atoms with Gasteiger partial charge in [0.15, 0.2) is 5.16 Å². The van der Waals surface area contributed by atoms with Crippen molar-refractivity contribution in [3.63, 3.8) is 0 Å². The highest BCUT2D eigenvalue weighted by Crippen LogP contribution is 2.38. The number of aryl methyl sites for hydroxylation is 2. The van der Waals surface area contributed by atoms with Crippen molar-refractivity contribution in [2.45, 2.75) is 82.3 Å². The summed E-state index contributed by atoms with van der Waals surface area (Å²) in [5, 5.41) is 13.1. The van der Waals surface area contributed by atoms with E-state index in [1.807, 2.05) is 6.08 Å². The van der Waals surface area contributed by atoms with Crippen LogP contribution >= 0.6 is 23.1 Å². The number of anilines is 1. The number of esters is 1. The molecule has 0 bridgehead atoms. The number of carbonyl (C=O) groups is 2. The number of thioether (sulfide) groups is 1. The average molecular weight is 503 g/mol. The molecular formula is C25H34N4O3S2. The number of carbonyl (C=O) groups excluding carboxylic acids is 2. The number of thiophene rings is 1. The number of methoxy groups -OCH3 is 1. The third-order valence-electron chi connectivity index (χ3n) is 6.75. The summed E-state index contributed by atoms with van der Waals surface area (Å²) in [6, 6.07) is 0. The fourth-order valence-electron chi connectivity index (χ4n) is 5.00. The molecule has 1 fully saturated rings. The standard InChI is InChI=1S/C25H34N4O3S2/c1-3-15-29-20(14-13-17-9-5-4-6-10-17)27-28-25(29)33-16-21(30)26-23-22(24(31)32-2)18-11-7-8-12-19(18)34-23/h3,17H,1,4-16H2,2H3,(H,26,30). The first kappa shape index (κ1) is 25.0. The van der Waals surface area contributed by atoms with E-state index in [1.54, 1.807) is 0 Å². The molecule has 1 saturated carbocycles. The van der Waals surface area contributed by atoms with Gasteiger partial charge in [0, 0.05) is 17.8 Å². The number of nitrogens with one attached hydrogen (secondary N) is 1. The van der Waals surface area contributed by atoms with Crippen LogP contribution in [-0.2, 0) is 35.3 Å². The van der Waals surface area contributed by atoms with Crippen LogP contribution in [0.2, 0.25) is 0 Å². The molecule has 0 saturated heterocycles. The first-order valence-corrected chi connectivity index (χ1v) is 14.1. The molecule has 2 aliphatic carbocycles. The summed E-state index contributed by atoms with van der Waals surface area (Å²) in [6.07, 6.45) is 14.5. The molecule has 0 aromatic carbocycles. The Hall–Kier alpha value is -2.13. The summed E-state index contributed by atoms with van der Waals surface area (Å²) in [6.45, 7) is 4.50. The van der Waals surface area contributed by atoms with Gasteiger partial charge in [-0.1, -0.05) is 49.9 Å². The molecule has 2 aromatic rings. The monoisotopic (exact) mass is 502 g/mol. The van der Waals surface area contributed by atoms with Crippen molar-refractivity contribution < 1.29 is 14.3 Å². The molecule has 34 heavy (non-hydrogen) atoms. The Morgan fingerprint density at radius 2 is 2.00 bits per heavy atom. The van der Waals surface area contributed by atoms with E-state index in [0.29, 0.717) is 17.1 Å². The molecule has 1 N–H and O–H groups in total. The molecule has 9 heteroatoms. The number of amides is 1. The molecule has 184 valence electrons. The van der Waals surface area contributed by atoms with Crippen molar-refractivity contribution in [2.24, 2.45) is 5.92 Å². The highest BCUT2D eigenvalue weighted by molar-refractivity contribution is 7.99. The van der Waals surface area contributed by atoms with E-state index in [1.165, 1.54) is 67.2 Å². The first-order chi connectivity index (χ1) is 16.6. The maximum atomic E-state index is 12.8. The van der Waals surface area contributed by atoms with Crippen LogP contribution in [0.3, 0.4) is 0 Å². The predicted octanol–water partition coefficient (Wildman–Crippen LogP) is 5.43. The molecule has 1 amide bonds. The lowest BCUT2D eigenvalue weighted by Gasteiger charge is -2.21. The van der Waals surface area contributed by atoms with Crippen LogP contribution in [0.5, 0.6) is 0 Å². The average Bonchev–Trinajstić information content (AvgIpc) is 3.42. The van der Waals surface area contributed by atoms with Gasteiger partial charge in [-0.05, 0) is 43.6 Å². The Labute approximate surface area is 209 Å². The van der Waals surface area contributed by atoms with E-state index < -0.39 is 0 Å². The van der Waals surface area contributed by atoms with Crippen LogP contribution < -0.4 is 5.32 Å².